The fourth-order valence-electron chi connectivity index (χ4n) is 4.42. The highest BCUT2D eigenvalue weighted by atomic mass is 19.1. The highest BCUT2D eigenvalue weighted by Crippen LogP contribution is 2.44. The number of nitrogens with zero attached hydrogens (tertiary/aromatic N) is 1. The Morgan fingerprint density at radius 3 is 2.39 bits per heavy atom. The van der Waals surface area contributed by atoms with E-state index in [-0.39, 0.29) is 17.7 Å². The summed E-state index contributed by atoms with van der Waals surface area (Å²) in [7, 11) is 4.47. The summed E-state index contributed by atoms with van der Waals surface area (Å²) in [6.45, 7) is 1.53. The van der Waals surface area contributed by atoms with Crippen LogP contribution in [0.4, 0.5) is 4.39 Å². The Morgan fingerprint density at radius 1 is 0.972 bits per heavy atom. The number of ether oxygens (including phenoxy) is 3. The molecule has 0 fully saturated rings. The zero-order chi connectivity index (χ0) is 26.0. The molecule has 0 bridgehead atoms. The number of amides is 1. The molecule has 7 nitrogen and oxygen atoms in total. The Hall–Kier alpha value is -4.33. The minimum Gasteiger partial charge on any atom is -0.503 e. The molecule has 0 radical (unpaired) electrons. The predicted molar refractivity (Wildman–Crippen MR) is 131 cm³/mol. The van der Waals surface area contributed by atoms with Crippen molar-refractivity contribution in [3.05, 3.63) is 101 Å². The van der Waals surface area contributed by atoms with Gasteiger partial charge < -0.3 is 24.2 Å². The van der Waals surface area contributed by atoms with Crippen molar-refractivity contribution >= 4 is 11.7 Å². The number of hydrogen-bond acceptors (Lipinski definition) is 6. The predicted octanol–water partition coefficient (Wildman–Crippen LogP) is 4.72. The number of carbonyl (C=O) groups is 2. The van der Waals surface area contributed by atoms with Crippen LogP contribution < -0.4 is 14.2 Å². The molecule has 1 aliphatic rings. The molecule has 186 valence electrons. The summed E-state index contributed by atoms with van der Waals surface area (Å²) in [5.41, 5.74) is -0.238. The number of halogens is 1. The van der Waals surface area contributed by atoms with Crippen molar-refractivity contribution in [3.8, 4) is 17.2 Å². The fraction of sp³-hybridized carbons (Fsp3) is 0.214. The van der Waals surface area contributed by atoms with Gasteiger partial charge >= 0.3 is 0 Å². The van der Waals surface area contributed by atoms with Gasteiger partial charge in [-0.25, -0.2) is 4.39 Å². The molecule has 3 aromatic carbocycles. The third-order valence-corrected chi connectivity index (χ3v) is 6.30. The van der Waals surface area contributed by atoms with Gasteiger partial charge in [-0.2, -0.15) is 0 Å². The van der Waals surface area contributed by atoms with Gasteiger partial charge in [0.05, 0.1) is 21.3 Å². The molecule has 0 spiro atoms. The highest BCUT2D eigenvalue weighted by Gasteiger charge is 2.52. The smallest absolute Gasteiger partial charge is 0.290 e. The third kappa shape index (κ3) is 4.15. The van der Waals surface area contributed by atoms with Crippen molar-refractivity contribution < 1.29 is 33.3 Å². The van der Waals surface area contributed by atoms with E-state index in [0.717, 1.165) is 0 Å². The van der Waals surface area contributed by atoms with Crippen molar-refractivity contribution in [1.82, 2.24) is 4.90 Å². The second kappa shape index (κ2) is 9.73. The molecular weight excluding hydrogens is 465 g/mol. The molecule has 3 aromatic rings. The van der Waals surface area contributed by atoms with Crippen LogP contribution in [0.15, 0.2) is 72.5 Å². The van der Waals surface area contributed by atoms with E-state index in [1.54, 1.807) is 49.4 Å². The number of carbonyl (C=O) groups excluding carboxylic acids is 2. The molecule has 4 rings (SSSR count). The van der Waals surface area contributed by atoms with Gasteiger partial charge in [-0.1, -0.05) is 18.2 Å². The van der Waals surface area contributed by atoms with Crippen LogP contribution >= 0.6 is 0 Å². The molecule has 1 atom stereocenters. The minimum absolute atomic E-state index is 0.0170. The second-order valence-electron chi connectivity index (χ2n) is 8.40. The lowest BCUT2D eigenvalue weighted by atomic mass is 9.81. The van der Waals surface area contributed by atoms with Crippen molar-refractivity contribution in [2.75, 3.05) is 21.3 Å². The lowest BCUT2D eigenvalue weighted by molar-refractivity contribution is -0.131. The van der Waals surface area contributed by atoms with Gasteiger partial charge in [0.2, 0.25) is 0 Å². The number of benzene rings is 3. The summed E-state index contributed by atoms with van der Waals surface area (Å²) >= 11 is 0. The van der Waals surface area contributed by atoms with Crippen LogP contribution in [0.1, 0.15) is 27.0 Å². The number of Topliss-reactive ketones (excluding diaryl/α,β-unsaturated/α-hetero) is 1. The number of hydrogen-bond donors (Lipinski definition) is 1. The largest absolute Gasteiger partial charge is 0.503 e. The Kier molecular flexibility index (Phi) is 6.70. The van der Waals surface area contributed by atoms with Crippen molar-refractivity contribution in [1.29, 1.82) is 0 Å². The number of aryl methyl sites for hydroxylation is 1. The van der Waals surface area contributed by atoms with Crippen molar-refractivity contribution in [2.24, 2.45) is 0 Å². The molecule has 1 amide bonds. The number of rotatable bonds is 8. The molecule has 1 heterocycles. The molecule has 0 aromatic heterocycles. The highest BCUT2D eigenvalue weighted by molar-refractivity contribution is 6.11. The van der Waals surface area contributed by atoms with Crippen LogP contribution in [0.2, 0.25) is 0 Å². The summed E-state index contributed by atoms with van der Waals surface area (Å²) in [4.78, 5) is 28.8. The van der Waals surface area contributed by atoms with Crippen LogP contribution in [0.25, 0.3) is 0 Å². The second-order valence-corrected chi connectivity index (χ2v) is 8.40. The molecule has 0 saturated carbocycles. The summed E-state index contributed by atoms with van der Waals surface area (Å²) in [6, 6.07) is 15.9. The number of ketones is 1. The lowest BCUT2D eigenvalue weighted by Crippen LogP contribution is -2.49. The first kappa shape index (κ1) is 24.8. The van der Waals surface area contributed by atoms with Crippen molar-refractivity contribution in [3.63, 3.8) is 0 Å². The summed E-state index contributed by atoms with van der Waals surface area (Å²) in [5.74, 6) is -0.920. The summed E-state index contributed by atoms with van der Waals surface area (Å²) < 4.78 is 30.1. The molecule has 1 aliphatic heterocycles. The van der Waals surface area contributed by atoms with Gasteiger partial charge in [0.1, 0.15) is 11.6 Å². The average molecular weight is 492 g/mol. The van der Waals surface area contributed by atoms with E-state index in [1.807, 2.05) is 0 Å². The van der Waals surface area contributed by atoms with Crippen molar-refractivity contribution in [2.45, 2.75) is 19.0 Å². The Morgan fingerprint density at radius 2 is 1.72 bits per heavy atom. The molecule has 0 saturated heterocycles. The zero-order valence-corrected chi connectivity index (χ0v) is 20.4. The Bertz CT molecular complexity index is 1370. The Labute approximate surface area is 208 Å². The van der Waals surface area contributed by atoms with Crippen LogP contribution in [-0.4, -0.2) is 43.0 Å². The quantitative estimate of drug-likeness (QED) is 0.459. The monoisotopic (exact) mass is 491 g/mol. The van der Waals surface area contributed by atoms with E-state index < -0.39 is 28.8 Å². The van der Waals surface area contributed by atoms with Crippen LogP contribution in [0, 0.1) is 12.7 Å². The van der Waals surface area contributed by atoms with Gasteiger partial charge in [0, 0.05) is 18.2 Å². The number of aliphatic hydroxyl groups excluding tert-OH is 1. The first-order valence-electron chi connectivity index (χ1n) is 11.1. The van der Waals surface area contributed by atoms with Gasteiger partial charge in [-0.05, 0) is 66.1 Å². The van der Waals surface area contributed by atoms with Gasteiger partial charge in [-0.3, -0.25) is 9.59 Å². The van der Waals surface area contributed by atoms with Crippen LogP contribution in [0.3, 0.4) is 0 Å². The third-order valence-electron chi connectivity index (χ3n) is 6.30. The number of aliphatic hydroxyl groups is 1. The summed E-state index contributed by atoms with van der Waals surface area (Å²) in [6.07, 6.45) is 1.23. The SMILES string of the molecule is COc1cccc(CN2C(=O)C(O)=CC2(C(=O)c2ccc(F)c(C)c2)c2ccc(OC)c(OC)c2)c1. The molecule has 36 heavy (non-hydrogen) atoms. The lowest BCUT2D eigenvalue weighted by Gasteiger charge is -2.37. The van der Waals surface area contributed by atoms with E-state index in [2.05, 4.69) is 0 Å². The van der Waals surface area contributed by atoms with Crippen LogP contribution in [0.5, 0.6) is 17.2 Å². The molecule has 8 heteroatoms. The molecular formula is C28H26FNO6. The van der Waals surface area contributed by atoms with E-state index in [0.29, 0.717) is 28.4 Å². The maximum absolute atomic E-state index is 14.2. The zero-order valence-electron chi connectivity index (χ0n) is 20.4. The van der Waals surface area contributed by atoms with E-state index >= 15 is 0 Å². The van der Waals surface area contributed by atoms with Gasteiger partial charge in [-0.15, -0.1) is 0 Å². The van der Waals surface area contributed by atoms with E-state index in [1.165, 1.54) is 50.5 Å². The first-order chi connectivity index (χ1) is 17.2. The van der Waals surface area contributed by atoms with Crippen LogP contribution in [-0.2, 0) is 16.9 Å². The topological polar surface area (TPSA) is 85.3 Å². The molecule has 1 unspecified atom stereocenters. The first-order valence-corrected chi connectivity index (χ1v) is 11.1. The normalized spacial score (nSPS) is 17.1. The maximum Gasteiger partial charge on any atom is 0.290 e. The minimum atomic E-state index is -1.74. The van der Waals surface area contributed by atoms with Gasteiger partial charge in [0.15, 0.2) is 28.6 Å². The maximum atomic E-state index is 14.2. The average Bonchev–Trinajstić information content (AvgIpc) is 3.15. The summed E-state index contributed by atoms with van der Waals surface area (Å²) in [5, 5.41) is 10.6. The molecule has 1 N–H and O–H groups in total. The Balaban J connectivity index is 1.95. The fourth-order valence-corrected chi connectivity index (χ4v) is 4.42. The van der Waals surface area contributed by atoms with E-state index in [9.17, 15) is 19.1 Å². The molecule has 0 aliphatic carbocycles. The van der Waals surface area contributed by atoms with Gasteiger partial charge in [0.25, 0.3) is 5.91 Å². The standard InChI is InChI=1S/C28H26FNO6/c1-17-12-19(8-10-22(17)29)26(32)28(20-9-11-24(35-3)25(14-20)36-4)15-23(31)27(33)30(28)16-18-6-5-7-21(13-18)34-2/h5-15,31H,16H2,1-4H3. The number of methoxy groups -OCH3 is 3. The van der Waals surface area contributed by atoms with E-state index in [4.69, 9.17) is 14.2 Å².